The van der Waals surface area contributed by atoms with Crippen LogP contribution in [0.2, 0.25) is 0 Å². The standard InChI is InChI=1S/C26H26N2O6/c1-17-7-10-21(13-18(17)2)28-25(30)16-34-26(31)19-8-11-22(12-9-19)33-15-24(29)27-20-5-4-6-23(14-20)32-3/h4-14H,15-16H2,1-3H3,(H,27,29)(H,28,30). The predicted molar refractivity (Wildman–Crippen MR) is 128 cm³/mol. The normalized spacial score (nSPS) is 10.2. The Kier molecular flexibility index (Phi) is 8.23. The van der Waals surface area contributed by atoms with Gasteiger partial charge in [0.15, 0.2) is 13.2 Å². The summed E-state index contributed by atoms with van der Waals surface area (Å²) >= 11 is 0. The molecule has 8 heteroatoms. The van der Waals surface area contributed by atoms with Crippen LogP contribution in [0.1, 0.15) is 21.5 Å². The van der Waals surface area contributed by atoms with Crippen LogP contribution in [0.3, 0.4) is 0 Å². The number of esters is 1. The lowest BCUT2D eigenvalue weighted by Gasteiger charge is -2.10. The number of hydrogen-bond acceptors (Lipinski definition) is 6. The van der Waals surface area contributed by atoms with Gasteiger partial charge in [-0.1, -0.05) is 12.1 Å². The summed E-state index contributed by atoms with van der Waals surface area (Å²) in [5.74, 6) is -0.378. The Labute approximate surface area is 197 Å². The largest absolute Gasteiger partial charge is 0.497 e. The summed E-state index contributed by atoms with van der Waals surface area (Å²) in [6.45, 7) is 3.32. The SMILES string of the molecule is COc1cccc(NC(=O)COc2ccc(C(=O)OCC(=O)Nc3ccc(C)c(C)c3)cc2)c1. The molecule has 3 aromatic rings. The van der Waals surface area contributed by atoms with Crippen molar-refractivity contribution in [2.75, 3.05) is 31.0 Å². The van der Waals surface area contributed by atoms with Gasteiger partial charge < -0.3 is 24.8 Å². The smallest absolute Gasteiger partial charge is 0.338 e. The summed E-state index contributed by atoms with van der Waals surface area (Å²) in [5, 5.41) is 5.41. The van der Waals surface area contributed by atoms with Crippen molar-refractivity contribution in [1.29, 1.82) is 0 Å². The van der Waals surface area contributed by atoms with Crippen LogP contribution in [0, 0.1) is 13.8 Å². The molecule has 0 saturated carbocycles. The van der Waals surface area contributed by atoms with Crippen molar-refractivity contribution in [2.24, 2.45) is 0 Å². The van der Waals surface area contributed by atoms with Gasteiger partial charge in [-0.25, -0.2) is 4.79 Å². The average Bonchev–Trinajstić information content (AvgIpc) is 2.84. The molecule has 0 radical (unpaired) electrons. The zero-order chi connectivity index (χ0) is 24.5. The summed E-state index contributed by atoms with van der Waals surface area (Å²) in [6.07, 6.45) is 0. The molecule has 0 bridgehead atoms. The number of benzene rings is 3. The maximum absolute atomic E-state index is 12.2. The van der Waals surface area contributed by atoms with Crippen molar-refractivity contribution < 1.29 is 28.6 Å². The second kappa shape index (κ2) is 11.5. The Balaban J connectivity index is 1.43. The molecule has 0 spiro atoms. The molecule has 0 aliphatic rings. The maximum atomic E-state index is 12.2. The molecule has 3 aromatic carbocycles. The lowest BCUT2D eigenvalue weighted by Crippen LogP contribution is -2.21. The highest BCUT2D eigenvalue weighted by molar-refractivity contribution is 5.95. The summed E-state index contributed by atoms with van der Waals surface area (Å²) in [6, 6.07) is 18.6. The Bertz CT molecular complexity index is 1170. The lowest BCUT2D eigenvalue weighted by atomic mass is 10.1. The van der Waals surface area contributed by atoms with Gasteiger partial charge in [0.1, 0.15) is 11.5 Å². The van der Waals surface area contributed by atoms with E-state index in [1.807, 2.05) is 26.0 Å². The van der Waals surface area contributed by atoms with Gasteiger partial charge in [0.25, 0.3) is 11.8 Å². The van der Waals surface area contributed by atoms with Gasteiger partial charge in [-0.3, -0.25) is 9.59 Å². The van der Waals surface area contributed by atoms with Crippen LogP contribution in [0.15, 0.2) is 66.7 Å². The van der Waals surface area contributed by atoms with Crippen LogP contribution in [0.4, 0.5) is 11.4 Å². The molecular formula is C26H26N2O6. The number of amides is 2. The number of carbonyl (C=O) groups excluding carboxylic acids is 3. The molecule has 8 nitrogen and oxygen atoms in total. The second-order valence-corrected chi connectivity index (χ2v) is 7.52. The third kappa shape index (κ3) is 7.09. The summed E-state index contributed by atoms with van der Waals surface area (Å²) < 4.78 is 15.6. The molecule has 2 amide bonds. The fraction of sp³-hybridized carbons (Fsp3) is 0.192. The number of nitrogens with one attached hydrogen (secondary N) is 2. The van der Waals surface area contributed by atoms with Crippen LogP contribution >= 0.6 is 0 Å². The molecule has 0 unspecified atom stereocenters. The fourth-order valence-electron chi connectivity index (χ4n) is 2.96. The van der Waals surface area contributed by atoms with Gasteiger partial charge in [-0.15, -0.1) is 0 Å². The molecule has 0 aliphatic heterocycles. The monoisotopic (exact) mass is 462 g/mol. The number of rotatable bonds is 9. The topological polar surface area (TPSA) is 103 Å². The summed E-state index contributed by atoms with van der Waals surface area (Å²) in [7, 11) is 1.55. The maximum Gasteiger partial charge on any atom is 0.338 e. The van der Waals surface area contributed by atoms with Gasteiger partial charge in [-0.05, 0) is 73.5 Å². The zero-order valence-electron chi connectivity index (χ0n) is 19.2. The third-order valence-corrected chi connectivity index (χ3v) is 4.94. The molecule has 34 heavy (non-hydrogen) atoms. The molecule has 3 rings (SSSR count). The molecule has 0 aliphatic carbocycles. The van der Waals surface area contributed by atoms with E-state index in [4.69, 9.17) is 14.2 Å². The molecule has 0 heterocycles. The van der Waals surface area contributed by atoms with E-state index in [2.05, 4.69) is 10.6 Å². The van der Waals surface area contributed by atoms with E-state index in [0.29, 0.717) is 22.9 Å². The van der Waals surface area contributed by atoms with Crippen molar-refractivity contribution >= 4 is 29.2 Å². The highest BCUT2D eigenvalue weighted by atomic mass is 16.5. The van der Waals surface area contributed by atoms with Crippen LogP contribution in [-0.2, 0) is 14.3 Å². The first-order chi connectivity index (χ1) is 16.3. The second-order valence-electron chi connectivity index (χ2n) is 7.52. The van der Waals surface area contributed by atoms with E-state index >= 15 is 0 Å². The van der Waals surface area contributed by atoms with E-state index in [1.165, 1.54) is 12.1 Å². The Hall–Kier alpha value is -4.33. The van der Waals surface area contributed by atoms with Crippen molar-refractivity contribution in [1.82, 2.24) is 0 Å². The molecule has 0 saturated heterocycles. The Morgan fingerprint density at radius 1 is 0.735 bits per heavy atom. The number of anilines is 2. The number of hydrogen-bond donors (Lipinski definition) is 2. The highest BCUT2D eigenvalue weighted by Crippen LogP contribution is 2.17. The zero-order valence-corrected chi connectivity index (χ0v) is 19.2. The first kappa shape index (κ1) is 24.3. The van der Waals surface area contributed by atoms with Crippen LogP contribution in [0.25, 0.3) is 0 Å². The van der Waals surface area contributed by atoms with Crippen LogP contribution in [0.5, 0.6) is 11.5 Å². The van der Waals surface area contributed by atoms with E-state index in [0.717, 1.165) is 11.1 Å². The minimum absolute atomic E-state index is 0.209. The van der Waals surface area contributed by atoms with Crippen molar-refractivity contribution in [3.8, 4) is 11.5 Å². The Morgan fingerprint density at radius 2 is 1.41 bits per heavy atom. The minimum Gasteiger partial charge on any atom is -0.497 e. The third-order valence-electron chi connectivity index (χ3n) is 4.94. The lowest BCUT2D eigenvalue weighted by molar-refractivity contribution is -0.119. The van der Waals surface area contributed by atoms with Crippen molar-refractivity contribution in [2.45, 2.75) is 13.8 Å². The first-order valence-electron chi connectivity index (χ1n) is 10.5. The summed E-state index contributed by atoms with van der Waals surface area (Å²) in [4.78, 5) is 36.4. The van der Waals surface area contributed by atoms with Gasteiger partial charge in [-0.2, -0.15) is 0 Å². The number of ether oxygens (including phenoxy) is 3. The molecule has 0 aromatic heterocycles. The van der Waals surface area contributed by atoms with Crippen molar-refractivity contribution in [3.63, 3.8) is 0 Å². The highest BCUT2D eigenvalue weighted by Gasteiger charge is 2.12. The fourth-order valence-corrected chi connectivity index (χ4v) is 2.96. The van der Waals surface area contributed by atoms with Crippen molar-refractivity contribution in [3.05, 3.63) is 83.4 Å². The van der Waals surface area contributed by atoms with Crippen LogP contribution in [-0.4, -0.2) is 38.1 Å². The van der Waals surface area contributed by atoms with Gasteiger partial charge in [0.2, 0.25) is 0 Å². The number of carbonyl (C=O) groups is 3. The first-order valence-corrected chi connectivity index (χ1v) is 10.5. The van der Waals surface area contributed by atoms with E-state index in [1.54, 1.807) is 49.6 Å². The number of aryl methyl sites for hydroxylation is 2. The average molecular weight is 463 g/mol. The molecule has 0 fully saturated rings. The quantitative estimate of drug-likeness (QED) is 0.464. The Morgan fingerprint density at radius 3 is 2.09 bits per heavy atom. The number of methoxy groups -OCH3 is 1. The van der Waals surface area contributed by atoms with E-state index < -0.39 is 18.5 Å². The molecule has 176 valence electrons. The van der Waals surface area contributed by atoms with Gasteiger partial charge in [0, 0.05) is 17.4 Å². The molecular weight excluding hydrogens is 436 g/mol. The van der Waals surface area contributed by atoms with Gasteiger partial charge in [0.05, 0.1) is 12.7 Å². The van der Waals surface area contributed by atoms with Crippen LogP contribution < -0.4 is 20.1 Å². The minimum atomic E-state index is -0.641. The molecule has 0 atom stereocenters. The van der Waals surface area contributed by atoms with E-state index in [9.17, 15) is 14.4 Å². The van der Waals surface area contributed by atoms with E-state index in [-0.39, 0.29) is 18.1 Å². The van der Waals surface area contributed by atoms with Gasteiger partial charge >= 0.3 is 5.97 Å². The predicted octanol–water partition coefficient (Wildman–Crippen LogP) is 4.13. The summed E-state index contributed by atoms with van der Waals surface area (Å²) in [5.41, 5.74) is 3.66. The molecule has 2 N–H and O–H groups in total.